The van der Waals surface area contributed by atoms with Crippen LogP contribution in [-0.4, -0.2) is 0 Å². The fourth-order valence-electron chi connectivity index (χ4n) is 0.824. The van der Waals surface area contributed by atoms with Crippen molar-refractivity contribution in [2.24, 2.45) is 0 Å². The van der Waals surface area contributed by atoms with Crippen molar-refractivity contribution in [1.29, 1.82) is 0 Å². The van der Waals surface area contributed by atoms with Gasteiger partial charge in [0.2, 0.25) is 0 Å². The molecular weight excluding hydrogens is 208 g/mol. The number of halogens is 1. The summed E-state index contributed by atoms with van der Waals surface area (Å²) < 4.78 is 0. The molecule has 1 rings (SSSR count). The molecule has 0 aliphatic carbocycles. The molecule has 0 radical (unpaired) electrons. The van der Waals surface area contributed by atoms with Crippen molar-refractivity contribution >= 4 is 28.6 Å². The normalized spacial score (nSPS) is 13.1. The van der Waals surface area contributed by atoms with Gasteiger partial charge in [-0.3, -0.25) is 0 Å². The summed E-state index contributed by atoms with van der Waals surface area (Å²) >= 11 is 7.79. The average molecular weight is 217 g/mol. The van der Waals surface area contributed by atoms with Crippen LogP contribution in [0.25, 0.3) is 0 Å². The molecule has 0 aliphatic heterocycles. The van der Waals surface area contributed by atoms with Crippen LogP contribution in [-0.2, 0) is 0 Å². The molecule has 1 atom stereocenters. The van der Waals surface area contributed by atoms with Gasteiger partial charge in [-0.1, -0.05) is 34.1 Å². The van der Waals surface area contributed by atoms with E-state index in [1.54, 1.807) is 0 Å². The Labute approximate surface area is 75.2 Å². The summed E-state index contributed by atoms with van der Waals surface area (Å²) in [6, 6.07) is 8.08. The predicted molar refractivity (Wildman–Crippen MR) is 51.0 cm³/mol. The van der Waals surface area contributed by atoms with E-state index in [0.29, 0.717) is 4.83 Å². The standard InChI is InChI=1S/C8H9BrS/c1-6(9)7-4-2-3-5-8(7)10/h2-6,10H,1H3. The lowest BCUT2D eigenvalue weighted by Gasteiger charge is -2.05. The number of hydrogen-bond donors (Lipinski definition) is 1. The second-order valence-corrected chi connectivity index (χ2v) is 4.03. The molecule has 0 amide bonds. The monoisotopic (exact) mass is 216 g/mol. The zero-order valence-electron chi connectivity index (χ0n) is 5.71. The van der Waals surface area contributed by atoms with Gasteiger partial charge in [0.25, 0.3) is 0 Å². The minimum absolute atomic E-state index is 0.390. The summed E-state index contributed by atoms with van der Waals surface area (Å²) in [6.45, 7) is 2.09. The number of alkyl halides is 1. The Morgan fingerprint density at radius 1 is 1.40 bits per heavy atom. The van der Waals surface area contributed by atoms with E-state index in [1.165, 1.54) is 5.56 Å². The Hall–Kier alpha value is 0.0500. The van der Waals surface area contributed by atoms with Crippen LogP contribution in [0.5, 0.6) is 0 Å². The maximum absolute atomic E-state index is 4.31. The quantitative estimate of drug-likeness (QED) is 0.540. The molecule has 0 aromatic heterocycles. The third-order valence-electron chi connectivity index (χ3n) is 1.37. The molecular formula is C8H9BrS. The van der Waals surface area contributed by atoms with Crippen molar-refractivity contribution < 1.29 is 0 Å². The van der Waals surface area contributed by atoms with Crippen LogP contribution in [0.15, 0.2) is 29.2 Å². The lowest BCUT2D eigenvalue weighted by Crippen LogP contribution is -1.83. The Balaban J connectivity index is 3.03. The molecule has 0 fully saturated rings. The van der Waals surface area contributed by atoms with Crippen molar-refractivity contribution in [3.8, 4) is 0 Å². The molecule has 54 valence electrons. The van der Waals surface area contributed by atoms with Gasteiger partial charge in [0, 0.05) is 9.72 Å². The van der Waals surface area contributed by atoms with Crippen LogP contribution in [0.1, 0.15) is 17.3 Å². The van der Waals surface area contributed by atoms with Gasteiger partial charge in [-0.25, -0.2) is 0 Å². The summed E-state index contributed by atoms with van der Waals surface area (Å²) in [5, 5.41) is 0. The molecule has 0 heterocycles. The molecule has 2 heteroatoms. The Morgan fingerprint density at radius 2 is 2.00 bits per heavy atom. The molecule has 0 saturated carbocycles. The third-order valence-corrected chi connectivity index (χ3v) is 2.27. The van der Waals surface area contributed by atoms with Crippen molar-refractivity contribution in [3.05, 3.63) is 29.8 Å². The van der Waals surface area contributed by atoms with Crippen molar-refractivity contribution in [1.82, 2.24) is 0 Å². The molecule has 0 saturated heterocycles. The third kappa shape index (κ3) is 1.77. The number of thiol groups is 1. The predicted octanol–water partition coefficient (Wildman–Crippen LogP) is 3.43. The van der Waals surface area contributed by atoms with Crippen LogP contribution in [0.2, 0.25) is 0 Å². The van der Waals surface area contributed by atoms with Gasteiger partial charge in [0.15, 0.2) is 0 Å². The highest BCUT2D eigenvalue weighted by Gasteiger charge is 2.01. The van der Waals surface area contributed by atoms with Crippen LogP contribution >= 0.6 is 28.6 Å². The van der Waals surface area contributed by atoms with Gasteiger partial charge < -0.3 is 0 Å². The van der Waals surface area contributed by atoms with Gasteiger partial charge in [-0.05, 0) is 18.6 Å². The summed E-state index contributed by atoms with van der Waals surface area (Å²) in [5.41, 5.74) is 1.24. The fraction of sp³-hybridized carbons (Fsp3) is 0.250. The Morgan fingerprint density at radius 3 is 2.40 bits per heavy atom. The highest BCUT2D eigenvalue weighted by atomic mass is 79.9. The lowest BCUT2D eigenvalue weighted by atomic mass is 10.2. The Kier molecular flexibility index (Phi) is 2.81. The fourth-order valence-corrected chi connectivity index (χ4v) is 1.75. The molecule has 0 bridgehead atoms. The molecule has 1 unspecified atom stereocenters. The maximum atomic E-state index is 4.31. The largest absolute Gasteiger partial charge is 0.143 e. The second kappa shape index (κ2) is 3.44. The average Bonchev–Trinajstić information content (AvgIpc) is 1.88. The van der Waals surface area contributed by atoms with Crippen LogP contribution in [0, 0.1) is 0 Å². The van der Waals surface area contributed by atoms with Crippen molar-refractivity contribution in [2.75, 3.05) is 0 Å². The zero-order chi connectivity index (χ0) is 7.56. The Bertz CT molecular complexity index is 220. The first kappa shape index (κ1) is 8.15. The molecule has 1 aromatic carbocycles. The van der Waals surface area contributed by atoms with E-state index < -0.39 is 0 Å². The summed E-state index contributed by atoms with van der Waals surface area (Å²) in [7, 11) is 0. The molecule has 0 spiro atoms. The van der Waals surface area contributed by atoms with Gasteiger partial charge >= 0.3 is 0 Å². The maximum Gasteiger partial charge on any atom is 0.0378 e. The number of rotatable bonds is 1. The SMILES string of the molecule is CC(Br)c1ccccc1S. The second-order valence-electron chi connectivity index (χ2n) is 2.17. The summed E-state index contributed by atoms with van der Waals surface area (Å²) in [6.07, 6.45) is 0. The van der Waals surface area contributed by atoms with Crippen LogP contribution in [0.3, 0.4) is 0 Å². The summed E-state index contributed by atoms with van der Waals surface area (Å²) in [5.74, 6) is 0. The summed E-state index contributed by atoms with van der Waals surface area (Å²) in [4.78, 5) is 1.44. The van der Waals surface area contributed by atoms with Gasteiger partial charge in [0.1, 0.15) is 0 Å². The molecule has 0 nitrogen and oxygen atoms in total. The highest BCUT2D eigenvalue weighted by Crippen LogP contribution is 2.26. The smallest absolute Gasteiger partial charge is 0.0378 e. The van der Waals surface area contributed by atoms with Gasteiger partial charge in [-0.2, -0.15) is 0 Å². The van der Waals surface area contributed by atoms with E-state index in [9.17, 15) is 0 Å². The molecule has 0 aliphatic rings. The van der Waals surface area contributed by atoms with Crippen molar-refractivity contribution in [3.63, 3.8) is 0 Å². The minimum atomic E-state index is 0.390. The van der Waals surface area contributed by atoms with Crippen LogP contribution in [0.4, 0.5) is 0 Å². The zero-order valence-corrected chi connectivity index (χ0v) is 8.19. The molecule has 10 heavy (non-hydrogen) atoms. The van der Waals surface area contributed by atoms with Gasteiger partial charge in [0.05, 0.1) is 0 Å². The van der Waals surface area contributed by atoms with E-state index in [-0.39, 0.29) is 0 Å². The highest BCUT2D eigenvalue weighted by molar-refractivity contribution is 9.09. The molecule has 0 N–H and O–H groups in total. The first-order valence-electron chi connectivity index (χ1n) is 3.14. The van der Waals surface area contributed by atoms with Gasteiger partial charge in [-0.15, -0.1) is 12.6 Å². The number of benzene rings is 1. The van der Waals surface area contributed by atoms with E-state index in [1.807, 2.05) is 18.2 Å². The molecule has 1 aromatic rings. The first-order valence-corrected chi connectivity index (χ1v) is 4.50. The van der Waals surface area contributed by atoms with E-state index in [0.717, 1.165) is 4.90 Å². The first-order chi connectivity index (χ1) is 4.72. The van der Waals surface area contributed by atoms with Crippen LogP contribution < -0.4 is 0 Å². The number of hydrogen-bond acceptors (Lipinski definition) is 1. The van der Waals surface area contributed by atoms with E-state index >= 15 is 0 Å². The minimum Gasteiger partial charge on any atom is -0.143 e. The van der Waals surface area contributed by atoms with E-state index in [2.05, 4.69) is 41.5 Å². The topological polar surface area (TPSA) is 0 Å². The van der Waals surface area contributed by atoms with E-state index in [4.69, 9.17) is 0 Å². The van der Waals surface area contributed by atoms with Crippen molar-refractivity contribution in [2.45, 2.75) is 16.6 Å². The lowest BCUT2D eigenvalue weighted by molar-refractivity contribution is 1.07.